The van der Waals surface area contributed by atoms with Crippen molar-refractivity contribution in [2.75, 3.05) is 18.5 Å². The molecule has 0 aliphatic rings. The molecule has 0 radical (unpaired) electrons. The molecule has 0 amide bonds. The van der Waals surface area contributed by atoms with Crippen LogP contribution in [0.15, 0.2) is 42.5 Å². The number of Topliss-reactive ketones (excluding diaryl/α,β-unsaturated/α-hetero) is 1. The van der Waals surface area contributed by atoms with E-state index < -0.39 is 0 Å². The lowest BCUT2D eigenvalue weighted by Gasteiger charge is -2.03. The van der Waals surface area contributed by atoms with Gasteiger partial charge in [-0.25, -0.2) is 4.98 Å². The van der Waals surface area contributed by atoms with Gasteiger partial charge in [-0.2, -0.15) is 0 Å². The van der Waals surface area contributed by atoms with E-state index in [1.54, 1.807) is 0 Å². The Hall–Kier alpha value is -1.92. The number of carbonyl (C=O) groups is 1. The molecule has 4 nitrogen and oxygen atoms in total. The summed E-state index contributed by atoms with van der Waals surface area (Å²) in [5.41, 5.74) is 2.79. The molecule has 3 rings (SSSR count). The third-order valence-electron chi connectivity index (χ3n) is 3.77. The minimum Gasteiger partial charge on any atom is -0.492 e. The summed E-state index contributed by atoms with van der Waals surface area (Å²) in [5, 5.41) is 3.86. The Balaban J connectivity index is 0.00000225. The van der Waals surface area contributed by atoms with Crippen molar-refractivity contribution in [3.63, 3.8) is 0 Å². The second-order valence-corrected chi connectivity index (χ2v) is 6.41. The number of hydrogen-bond donors (Lipinski definition) is 1. The molecule has 1 aromatic heterocycles. The maximum absolute atomic E-state index is 12.3. The molecule has 3 aromatic rings. The van der Waals surface area contributed by atoms with Gasteiger partial charge in [-0.3, -0.25) is 4.79 Å². The van der Waals surface area contributed by atoms with Crippen LogP contribution in [0.25, 0.3) is 10.2 Å². The normalized spacial score (nSPS) is 10.3. The van der Waals surface area contributed by atoms with Gasteiger partial charge in [0.1, 0.15) is 11.3 Å². The first-order valence-electron chi connectivity index (χ1n) is 8.09. The quantitative estimate of drug-likeness (QED) is 0.538. The van der Waals surface area contributed by atoms with Gasteiger partial charge in [0, 0.05) is 5.56 Å². The minimum atomic E-state index is 0. The number of ether oxygens (including phenoxy) is 1. The molecule has 0 saturated heterocycles. The van der Waals surface area contributed by atoms with Gasteiger partial charge in [0.2, 0.25) is 0 Å². The summed E-state index contributed by atoms with van der Waals surface area (Å²) < 4.78 is 6.64. The molecular formula is C19H21BrN2O2S. The summed E-state index contributed by atoms with van der Waals surface area (Å²) in [6, 6.07) is 13.6. The Morgan fingerprint density at radius 2 is 1.92 bits per heavy atom. The lowest BCUT2D eigenvalue weighted by Crippen LogP contribution is -2.13. The number of hydrogen-bond acceptors (Lipinski definition) is 5. The van der Waals surface area contributed by atoms with E-state index in [1.165, 1.54) is 16.9 Å². The van der Waals surface area contributed by atoms with Crippen LogP contribution in [-0.4, -0.2) is 23.9 Å². The fraction of sp³-hybridized carbons (Fsp3) is 0.263. The molecule has 0 bridgehead atoms. The van der Waals surface area contributed by atoms with Gasteiger partial charge in [0.15, 0.2) is 10.9 Å². The predicted octanol–water partition coefficient (Wildman–Crippen LogP) is 5.13. The Kier molecular flexibility index (Phi) is 6.96. The summed E-state index contributed by atoms with van der Waals surface area (Å²) in [6.07, 6.45) is 0.973. The lowest BCUT2D eigenvalue weighted by atomic mass is 10.1. The molecule has 1 N–H and O–H groups in total. The number of nitrogens with one attached hydrogen (secondary N) is 1. The van der Waals surface area contributed by atoms with E-state index in [2.05, 4.69) is 17.2 Å². The molecule has 132 valence electrons. The monoisotopic (exact) mass is 420 g/mol. The predicted molar refractivity (Wildman–Crippen MR) is 110 cm³/mol. The largest absolute Gasteiger partial charge is 0.492 e. The van der Waals surface area contributed by atoms with Gasteiger partial charge in [0.05, 0.1) is 17.9 Å². The fourth-order valence-electron chi connectivity index (χ4n) is 2.46. The van der Waals surface area contributed by atoms with Crippen molar-refractivity contribution in [1.82, 2.24) is 4.98 Å². The number of aromatic nitrogens is 1. The average molecular weight is 421 g/mol. The van der Waals surface area contributed by atoms with Crippen LogP contribution >= 0.6 is 28.3 Å². The average Bonchev–Trinajstić information content (AvgIpc) is 3.04. The number of para-hydroxylation sites is 1. The summed E-state index contributed by atoms with van der Waals surface area (Å²) in [5.74, 6) is 0.836. The maximum atomic E-state index is 12.3. The number of nitrogens with zero attached hydrogens (tertiary/aromatic N) is 1. The number of rotatable bonds is 7. The molecule has 0 aliphatic carbocycles. The topological polar surface area (TPSA) is 51.2 Å². The Labute approximate surface area is 162 Å². The number of carbonyl (C=O) groups excluding carboxylic acids is 1. The fourth-order valence-corrected chi connectivity index (χ4v) is 3.33. The lowest BCUT2D eigenvalue weighted by molar-refractivity contribution is 0.101. The van der Waals surface area contributed by atoms with Crippen molar-refractivity contribution in [3.8, 4) is 5.75 Å². The smallest absolute Gasteiger partial charge is 0.184 e. The number of anilines is 1. The number of aryl methyl sites for hydroxylation is 1. The van der Waals surface area contributed by atoms with E-state index in [9.17, 15) is 4.79 Å². The standard InChI is InChI=1S/C19H20N2O2S.BrH/c1-3-13-8-10-14(11-9-13)15(22)12-20-19-21-18-16(23-4-2)6-5-7-17(18)24-19;/h5-11H,3-4,12H2,1-2H3,(H,20,21);1H. The summed E-state index contributed by atoms with van der Waals surface area (Å²) in [4.78, 5) is 16.8. The molecule has 0 fully saturated rings. The first-order chi connectivity index (χ1) is 11.7. The Morgan fingerprint density at radius 1 is 1.16 bits per heavy atom. The third kappa shape index (κ3) is 4.58. The molecule has 0 aliphatic heterocycles. The van der Waals surface area contributed by atoms with Gasteiger partial charge in [-0.05, 0) is 31.0 Å². The first kappa shape index (κ1) is 19.4. The molecule has 25 heavy (non-hydrogen) atoms. The summed E-state index contributed by atoms with van der Waals surface area (Å²) in [7, 11) is 0. The van der Waals surface area contributed by atoms with Crippen LogP contribution in [0.1, 0.15) is 29.8 Å². The Bertz CT molecular complexity index is 846. The van der Waals surface area contributed by atoms with E-state index in [0.717, 1.165) is 33.1 Å². The molecule has 0 spiro atoms. The second kappa shape index (κ2) is 8.97. The van der Waals surface area contributed by atoms with E-state index in [1.807, 2.05) is 49.4 Å². The minimum absolute atomic E-state index is 0. The first-order valence-corrected chi connectivity index (χ1v) is 8.91. The maximum Gasteiger partial charge on any atom is 0.184 e. The number of thiazole rings is 1. The van der Waals surface area contributed by atoms with Crippen molar-refractivity contribution in [2.45, 2.75) is 20.3 Å². The second-order valence-electron chi connectivity index (χ2n) is 5.38. The van der Waals surface area contributed by atoms with Crippen LogP contribution in [0.5, 0.6) is 5.75 Å². The molecular weight excluding hydrogens is 400 g/mol. The van der Waals surface area contributed by atoms with Crippen LogP contribution < -0.4 is 10.1 Å². The van der Waals surface area contributed by atoms with Crippen molar-refractivity contribution < 1.29 is 9.53 Å². The van der Waals surface area contributed by atoms with E-state index in [-0.39, 0.29) is 29.3 Å². The van der Waals surface area contributed by atoms with E-state index >= 15 is 0 Å². The van der Waals surface area contributed by atoms with Gasteiger partial charge in [-0.1, -0.05) is 48.6 Å². The number of ketones is 1. The van der Waals surface area contributed by atoms with Crippen LogP contribution in [0.3, 0.4) is 0 Å². The van der Waals surface area contributed by atoms with Crippen molar-refractivity contribution in [2.24, 2.45) is 0 Å². The highest BCUT2D eigenvalue weighted by Crippen LogP contribution is 2.32. The van der Waals surface area contributed by atoms with Gasteiger partial charge in [0.25, 0.3) is 0 Å². The van der Waals surface area contributed by atoms with E-state index in [4.69, 9.17) is 4.74 Å². The highest BCUT2D eigenvalue weighted by atomic mass is 79.9. The zero-order valence-electron chi connectivity index (χ0n) is 14.2. The summed E-state index contributed by atoms with van der Waals surface area (Å²) >= 11 is 1.53. The molecule has 0 atom stereocenters. The number of halogens is 1. The highest BCUT2D eigenvalue weighted by Gasteiger charge is 2.11. The SMILES string of the molecule is Br.CCOc1cccc2sc(NCC(=O)c3ccc(CC)cc3)nc12. The van der Waals surface area contributed by atoms with Gasteiger partial charge >= 0.3 is 0 Å². The number of benzene rings is 2. The molecule has 2 aromatic carbocycles. The molecule has 6 heteroatoms. The zero-order valence-corrected chi connectivity index (χ0v) is 16.8. The highest BCUT2D eigenvalue weighted by molar-refractivity contribution is 8.93. The van der Waals surface area contributed by atoms with Crippen LogP contribution in [0, 0.1) is 0 Å². The van der Waals surface area contributed by atoms with Gasteiger partial charge < -0.3 is 10.1 Å². The van der Waals surface area contributed by atoms with E-state index in [0.29, 0.717) is 6.61 Å². The zero-order chi connectivity index (χ0) is 16.9. The number of fused-ring (bicyclic) bond motifs is 1. The van der Waals surface area contributed by atoms with Crippen LogP contribution in [-0.2, 0) is 6.42 Å². The van der Waals surface area contributed by atoms with Crippen LogP contribution in [0.4, 0.5) is 5.13 Å². The summed E-state index contributed by atoms with van der Waals surface area (Å²) in [6.45, 7) is 4.88. The van der Waals surface area contributed by atoms with Gasteiger partial charge in [-0.15, -0.1) is 17.0 Å². The molecule has 0 unspecified atom stereocenters. The molecule has 0 saturated carbocycles. The van der Waals surface area contributed by atoms with Crippen molar-refractivity contribution in [1.29, 1.82) is 0 Å². The Morgan fingerprint density at radius 3 is 2.60 bits per heavy atom. The van der Waals surface area contributed by atoms with Crippen molar-refractivity contribution in [3.05, 3.63) is 53.6 Å². The molecule has 1 heterocycles. The third-order valence-corrected chi connectivity index (χ3v) is 4.74. The van der Waals surface area contributed by atoms with Crippen LogP contribution in [0.2, 0.25) is 0 Å². The van der Waals surface area contributed by atoms with Crippen molar-refractivity contribution >= 4 is 49.4 Å².